The summed E-state index contributed by atoms with van der Waals surface area (Å²) in [6, 6.07) is 2.60. The predicted molar refractivity (Wildman–Crippen MR) is 93.7 cm³/mol. The smallest absolute Gasteiger partial charge is 0.332 e. The summed E-state index contributed by atoms with van der Waals surface area (Å²) < 4.78 is 17.0. The van der Waals surface area contributed by atoms with Crippen LogP contribution in [0.25, 0.3) is 0 Å². The Labute approximate surface area is 146 Å². The van der Waals surface area contributed by atoms with E-state index in [-0.39, 0.29) is 13.2 Å². The molecule has 0 aromatic heterocycles. The molecule has 2 rings (SSSR count). The lowest BCUT2D eigenvalue weighted by Crippen LogP contribution is -2.37. The van der Waals surface area contributed by atoms with Crippen molar-refractivity contribution in [1.29, 1.82) is 0 Å². The Bertz CT molecular complexity index is 785. The van der Waals surface area contributed by atoms with Crippen LogP contribution >= 0.6 is 0 Å². The number of terminal acetylenes is 2. The topological polar surface area (TPSA) is 95.2 Å². The fourth-order valence-corrected chi connectivity index (χ4v) is 2.37. The molecule has 2 amide bonds. The highest BCUT2D eigenvalue weighted by molar-refractivity contribution is 6.05. The summed E-state index contributed by atoms with van der Waals surface area (Å²) in [7, 11) is 0. The van der Waals surface area contributed by atoms with Crippen LogP contribution in [0.15, 0.2) is 17.2 Å². The summed E-state index contributed by atoms with van der Waals surface area (Å²) in [5, 5.41) is 4.08. The average Bonchev–Trinajstić information content (AvgIpc) is 2.54. The summed E-state index contributed by atoms with van der Waals surface area (Å²) >= 11 is 0. The molecule has 0 unspecified atom stereocenters. The number of ether oxygens (including phenoxy) is 3. The van der Waals surface area contributed by atoms with E-state index in [1.807, 2.05) is 13.8 Å². The molecule has 0 fully saturated rings. The third kappa shape index (κ3) is 4.58. The second-order valence-electron chi connectivity index (χ2n) is 5.85. The lowest BCUT2D eigenvalue weighted by molar-refractivity contribution is 0.110. The Morgan fingerprint density at radius 3 is 2.48 bits per heavy atom. The van der Waals surface area contributed by atoms with Crippen molar-refractivity contribution < 1.29 is 19.0 Å². The van der Waals surface area contributed by atoms with Crippen molar-refractivity contribution in [3.8, 4) is 41.9 Å². The molecule has 7 nitrogen and oxygen atoms in total. The fourth-order valence-electron chi connectivity index (χ4n) is 2.37. The number of fused-ring (bicyclic) bond motifs is 1. The third-order valence-corrected chi connectivity index (χ3v) is 3.26. The monoisotopic (exact) mass is 341 g/mol. The van der Waals surface area contributed by atoms with Crippen LogP contribution in [0.5, 0.6) is 17.2 Å². The summed E-state index contributed by atoms with van der Waals surface area (Å²) in [5.41, 5.74) is 8.05. The molecule has 1 aromatic carbocycles. The van der Waals surface area contributed by atoms with Crippen molar-refractivity contribution in [3.63, 3.8) is 0 Å². The highest BCUT2D eigenvalue weighted by atomic mass is 16.5. The van der Waals surface area contributed by atoms with Gasteiger partial charge in [0, 0.05) is 18.1 Å². The number of nitrogens with two attached hydrogens (primary N) is 1. The number of amides is 2. The van der Waals surface area contributed by atoms with Gasteiger partial charge in [-0.3, -0.25) is 0 Å². The molecular weight excluding hydrogens is 322 g/mol. The molecule has 0 bridgehead atoms. The molecule has 1 aromatic rings. The molecule has 1 aliphatic rings. The Morgan fingerprint density at radius 1 is 1.32 bits per heavy atom. The number of nitrogens with zero attached hydrogens (tertiary/aromatic N) is 1. The van der Waals surface area contributed by atoms with Gasteiger partial charge in [0.1, 0.15) is 24.6 Å². The summed E-state index contributed by atoms with van der Waals surface area (Å²) in [5.74, 6) is 6.13. The molecule has 1 heterocycles. The molecular formula is C18H19N3O4. The van der Waals surface area contributed by atoms with E-state index in [1.165, 1.54) is 0 Å². The Kier molecular flexibility index (Phi) is 5.41. The number of hydrazone groups is 1. The first-order chi connectivity index (χ1) is 11.9. The van der Waals surface area contributed by atoms with Crippen molar-refractivity contribution in [2.75, 3.05) is 13.2 Å². The third-order valence-electron chi connectivity index (χ3n) is 3.26. The van der Waals surface area contributed by atoms with Gasteiger partial charge in [-0.05, 0) is 19.9 Å². The number of nitrogens with one attached hydrogen (secondary N) is 1. The zero-order valence-corrected chi connectivity index (χ0v) is 14.1. The minimum atomic E-state index is -0.754. The second-order valence-corrected chi connectivity index (χ2v) is 5.85. The molecule has 0 atom stereocenters. The van der Waals surface area contributed by atoms with Crippen LogP contribution in [0.1, 0.15) is 25.8 Å². The van der Waals surface area contributed by atoms with Crippen molar-refractivity contribution >= 4 is 11.7 Å². The Morgan fingerprint density at radius 2 is 1.92 bits per heavy atom. The van der Waals surface area contributed by atoms with Crippen LogP contribution < -0.4 is 25.4 Å². The van der Waals surface area contributed by atoms with Crippen LogP contribution in [0, 0.1) is 24.7 Å². The minimum absolute atomic E-state index is 0.0591. The fraction of sp³-hybridized carbons (Fsp3) is 0.333. The molecule has 0 saturated carbocycles. The van der Waals surface area contributed by atoms with Crippen molar-refractivity contribution in [3.05, 3.63) is 17.7 Å². The first kappa shape index (κ1) is 18.0. The minimum Gasteiger partial charge on any atom is -0.487 e. The van der Waals surface area contributed by atoms with Crippen molar-refractivity contribution in [2.24, 2.45) is 10.8 Å². The van der Waals surface area contributed by atoms with Crippen LogP contribution in [0.2, 0.25) is 0 Å². The lowest BCUT2D eigenvalue weighted by Gasteiger charge is -2.33. The Balaban J connectivity index is 2.51. The Hall–Kier alpha value is -3.32. The number of primary amides is 1. The van der Waals surface area contributed by atoms with Gasteiger partial charge >= 0.3 is 6.03 Å². The van der Waals surface area contributed by atoms with Gasteiger partial charge in [0.2, 0.25) is 0 Å². The van der Waals surface area contributed by atoms with E-state index < -0.39 is 11.6 Å². The van der Waals surface area contributed by atoms with E-state index in [0.29, 0.717) is 34.9 Å². The molecule has 130 valence electrons. The summed E-state index contributed by atoms with van der Waals surface area (Å²) in [6.07, 6.45) is 11.0. The molecule has 3 N–H and O–H groups in total. The summed E-state index contributed by atoms with van der Waals surface area (Å²) in [4.78, 5) is 11.0. The highest BCUT2D eigenvalue weighted by Crippen LogP contribution is 2.41. The van der Waals surface area contributed by atoms with E-state index in [0.717, 1.165) is 0 Å². The van der Waals surface area contributed by atoms with Gasteiger partial charge < -0.3 is 19.9 Å². The van der Waals surface area contributed by atoms with Crippen LogP contribution in [0.4, 0.5) is 4.79 Å². The number of rotatable bonds is 5. The first-order valence-corrected chi connectivity index (χ1v) is 7.48. The number of hydrogen-bond acceptors (Lipinski definition) is 5. The van der Waals surface area contributed by atoms with E-state index in [4.69, 9.17) is 32.8 Å². The second kappa shape index (κ2) is 7.50. The maximum atomic E-state index is 11.0. The van der Waals surface area contributed by atoms with Gasteiger partial charge in [0.05, 0.1) is 5.71 Å². The zero-order chi connectivity index (χ0) is 18.4. The largest absolute Gasteiger partial charge is 0.487 e. The van der Waals surface area contributed by atoms with Crippen LogP contribution in [-0.4, -0.2) is 30.6 Å². The molecule has 0 aliphatic carbocycles. The van der Waals surface area contributed by atoms with Gasteiger partial charge in [0.15, 0.2) is 11.5 Å². The standard InChI is InChI=1S/C18H19N3O4/c1-5-7-23-15-9-12-13(20-21-17(19)22)11-18(3,4)25-14(12)10-16(15)24-8-6-2/h1-2,9-10H,7-8,11H2,3-4H3,(H3,19,21,22). The molecule has 0 saturated heterocycles. The molecule has 7 heteroatoms. The van der Waals surface area contributed by atoms with Crippen molar-refractivity contribution in [2.45, 2.75) is 25.9 Å². The number of carbonyl (C=O) groups is 1. The van der Waals surface area contributed by atoms with Crippen LogP contribution in [0.3, 0.4) is 0 Å². The lowest BCUT2D eigenvalue weighted by atomic mass is 9.92. The number of hydrogen-bond donors (Lipinski definition) is 2. The van der Waals surface area contributed by atoms with E-state index in [9.17, 15) is 4.79 Å². The van der Waals surface area contributed by atoms with Gasteiger partial charge in [-0.15, -0.1) is 12.8 Å². The van der Waals surface area contributed by atoms with Crippen LogP contribution in [-0.2, 0) is 0 Å². The average molecular weight is 341 g/mol. The van der Waals surface area contributed by atoms with Crippen molar-refractivity contribution in [1.82, 2.24) is 5.43 Å². The number of urea groups is 1. The summed E-state index contributed by atoms with van der Waals surface area (Å²) in [6.45, 7) is 3.93. The SMILES string of the molecule is C#CCOc1cc2c(cc1OCC#C)C(=NNC(N)=O)CC(C)(C)O2. The van der Waals surface area contributed by atoms with Gasteiger partial charge in [-0.25, -0.2) is 10.2 Å². The molecule has 0 spiro atoms. The number of benzene rings is 1. The predicted octanol–water partition coefficient (Wildman–Crippen LogP) is 1.64. The maximum absolute atomic E-state index is 11.0. The van der Waals surface area contributed by atoms with Gasteiger partial charge in [-0.2, -0.15) is 5.10 Å². The molecule has 0 radical (unpaired) electrons. The molecule has 1 aliphatic heterocycles. The normalized spacial score (nSPS) is 15.9. The van der Waals surface area contributed by atoms with E-state index >= 15 is 0 Å². The number of carbonyl (C=O) groups excluding carboxylic acids is 1. The van der Waals surface area contributed by atoms with E-state index in [1.54, 1.807) is 12.1 Å². The van der Waals surface area contributed by atoms with Gasteiger partial charge in [-0.1, -0.05) is 11.8 Å². The van der Waals surface area contributed by atoms with E-state index in [2.05, 4.69) is 22.4 Å². The first-order valence-electron chi connectivity index (χ1n) is 7.48. The highest BCUT2D eigenvalue weighted by Gasteiger charge is 2.33. The van der Waals surface area contributed by atoms with Gasteiger partial charge in [0.25, 0.3) is 0 Å². The maximum Gasteiger partial charge on any atom is 0.332 e. The zero-order valence-electron chi connectivity index (χ0n) is 14.1. The molecule has 25 heavy (non-hydrogen) atoms. The quantitative estimate of drug-likeness (QED) is 0.629.